The van der Waals surface area contributed by atoms with Crippen molar-refractivity contribution in [3.8, 4) is 0 Å². The highest BCUT2D eigenvalue weighted by molar-refractivity contribution is 5.24. The molecule has 0 aliphatic carbocycles. The first-order valence-electron chi connectivity index (χ1n) is 5.96. The Morgan fingerprint density at radius 2 is 2.12 bits per heavy atom. The number of hydrogen-bond donors (Lipinski definition) is 1. The fourth-order valence-corrected chi connectivity index (χ4v) is 1.92. The molecule has 17 heavy (non-hydrogen) atoms. The molecule has 0 amide bonds. The lowest BCUT2D eigenvalue weighted by molar-refractivity contribution is -0.0397. The average molecular weight is 239 g/mol. The average Bonchev–Trinajstić information content (AvgIpc) is 2.39. The van der Waals surface area contributed by atoms with E-state index in [1.807, 2.05) is 0 Å². The molecule has 1 aliphatic heterocycles. The molecule has 1 aromatic rings. The first kappa shape index (κ1) is 12.5. The Labute approximate surface area is 101 Å². The van der Waals surface area contributed by atoms with Crippen LogP contribution in [-0.2, 0) is 22.6 Å². The van der Waals surface area contributed by atoms with Crippen LogP contribution < -0.4 is 5.73 Å². The smallest absolute Gasteiger partial charge is 0.128 e. The lowest BCUT2D eigenvalue weighted by Crippen LogP contribution is -2.23. The standard InChI is InChI=1S/C13H18FNO2/c14-13-2-1-10(8-15)7-11(13)9-17-12-3-5-16-6-4-12/h1-2,7,12H,3-6,8-9,15H2. The Bertz CT molecular complexity index is 364. The first-order chi connectivity index (χ1) is 8.29. The topological polar surface area (TPSA) is 44.5 Å². The van der Waals surface area contributed by atoms with Gasteiger partial charge in [0.1, 0.15) is 5.82 Å². The van der Waals surface area contributed by atoms with Gasteiger partial charge in [0.2, 0.25) is 0 Å². The van der Waals surface area contributed by atoms with E-state index in [1.54, 1.807) is 12.1 Å². The molecule has 3 nitrogen and oxygen atoms in total. The van der Waals surface area contributed by atoms with Crippen molar-refractivity contribution in [2.45, 2.75) is 32.1 Å². The summed E-state index contributed by atoms with van der Waals surface area (Å²) in [6.07, 6.45) is 1.96. The quantitative estimate of drug-likeness (QED) is 0.873. The lowest BCUT2D eigenvalue weighted by atomic mass is 10.1. The summed E-state index contributed by atoms with van der Waals surface area (Å²) in [5.74, 6) is -0.228. The van der Waals surface area contributed by atoms with E-state index in [2.05, 4.69) is 0 Å². The minimum absolute atomic E-state index is 0.185. The molecule has 0 spiro atoms. The van der Waals surface area contributed by atoms with Gasteiger partial charge < -0.3 is 15.2 Å². The van der Waals surface area contributed by atoms with Crippen LogP contribution in [0.3, 0.4) is 0 Å². The SMILES string of the molecule is NCc1ccc(F)c(COC2CCOCC2)c1. The van der Waals surface area contributed by atoms with Crippen molar-refractivity contribution >= 4 is 0 Å². The molecule has 0 atom stereocenters. The Kier molecular flexibility index (Phi) is 4.48. The minimum atomic E-state index is -0.228. The van der Waals surface area contributed by atoms with Gasteiger partial charge in [0, 0.05) is 25.3 Å². The second-order valence-electron chi connectivity index (χ2n) is 4.25. The van der Waals surface area contributed by atoms with Gasteiger partial charge in [-0.15, -0.1) is 0 Å². The van der Waals surface area contributed by atoms with E-state index in [-0.39, 0.29) is 11.9 Å². The van der Waals surface area contributed by atoms with Crippen molar-refractivity contribution in [3.63, 3.8) is 0 Å². The normalized spacial score (nSPS) is 17.3. The summed E-state index contributed by atoms with van der Waals surface area (Å²) >= 11 is 0. The highest BCUT2D eigenvalue weighted by atomic mass is 19.1. The summed E-state index contributed by atoms with van der Waals surface area (Å²) in [7, 11) is 0. The molecule has 1 saturated heterocycles. The zero-order valence-corrected chi connectivity index (χ0v) is 9.82. The Hall–Kier alpha value is -0.970. The second kappa shape index (κ2) is 6.10. The van der Waals surface area contributed by atoms with Gasteiger partial charge in [0.05, 0.1) is 12.7 Å². The summed E-state index contributed by atoms with van der Waals surface area (Å²) < 4.78 is 24.4. The van der Waals surface area contributed by atoms with Crippen molar-refractivity contribution in [2.24, 2.45) is 5.73 Å². The van der Waals surface area contributed by atoms with Crippen LogP contribution in [0.1, 0.15) is 24.0 Å². The molecule has 94 valence electrons. The highest BCUT2D eigenvalue weighted by Crippen LogP contribution is 2.16. The van der Waals surface area contributed by atoms with Crippen molar-refractivity contribution in [2.75, 3.05) is 13.2 Å². The van der Waals surface area contributed by atoms with E-state index >= 15 is 0 Å². The fraction of sp³-hybridized carbons (Fsp3) is 0.538. The summed E-state index contributed by atoms with van der Waals surface area (Å²) in [6.45, 7) is 2.20. The van der Waals surface area contributed by atoms with Gasteiger partial charge in [0.25, 0.3) is 0 Å². The van der Waals surface area contributed by atoms with Crippen LogP contribution in [0.25, 0.3) is 0 Å². The maximum atomic E-state index is 13.5. The van der Waals surface area contributed by atoms with E-state index in [0.29, 0.717) is 18.7 Å². The first-order valence-corrected chi connectivity index (χ1v) is 5.96. The lowest BCUT2D eigenvalue weighted by Gasteiger charge is -2.22. The Morgan fingerprint density at radius 1 is 1.35 bits per heavy atom. The maximum Gasteiger partial charge on any atom is 0.128 e. The van der Waals surface area contributed by atoms with Gasteiger partial charge in [-0.25, -0.2) is 4.39 Å². The third-order valence-electron chi connectivity index (χ3n) is 2.99. The third kappa shape index (κ3) is 3.49. The van der Waals surface area contributed by atoms with E-state index in [4.69, 9.17) is 15.2 Å². The van der Waals surface area contributed by atoms with Crippen LogP contribution >= 0.6 is 0 Å². The minimum Gasteiger partial charge on any atom is -0.381 e. The number of nitrogens with two attached hydrogens (primary N) is 1. The molecule has 0 saturated carbocycles. The highest BCUT2D eigenvalue weighted by Gasteiger charge is 2.15. The summed E-state index contributed by atoms with van der Waals surface area (Å²) in [5.41, 5.74) is 7.04. The van der Waals surface area contributed by atoms with Crippen molar-refractivity contribution in [1.82, 2.24) is 0 Å². The Balaban J connectivity index is 1.92. The molecule has 4 heteroatoms. The van der Waals surface area contributed by atoms with Crippen LogP contribution in [0.4, 0.5) is 4.39 Å². The molecule has 1 aliphatic rings. The maximum absolute atomic E-state index is 13.5. The van der Waals surface area contributed by atoms with Gasteiger partial charge in [-0.2, -0.15) is 0 Å². The monoisotopic (exact) mass is 239 g/mol. The second-order valence-corrected chi connectivity index (χ2v) is 4.25. The molecule has 1 aromatic carbocycles. The van der Waals surface area contributed by atoms with E-state index in [0.717, 1.165) is 31.6 Å². The van der Waals surface area contributed by atoms with Crippen LogP contribution in [0.2, 0.25) is 0 Å². The van der Waals surface area contributed by atoms with Crippen molar-refractivity contribution in [3.05, 3.63) is 35.1 Å². The summed E-state index contributed by atoms with van der Waals surface area (Å²) in [5, 5.41) is 0. The molecule has 0 bridgehead atoms. The van der Waals surface area contributed by atoms with Crippen LogP contribution in [0, 0.1) is 5.82 Å². The van der Waals surface area contributed by atoms with Gasteiger partial charge in [0.15, 0.2) is 0 Å². The number of hydrogen-bond acceptors (Lipinski definition) is 3. The molecular formula is C13H18FNO2. The van der Waals surface area contributed by atoms with Gasteiger partial charge in [-0.05, 0) is 30.5 Å². The molecule has 0 aromatic heterocycles. The van der Waals surface area contributed by atoms with E-state index in [9.17, 15) is 4.39 Å². The number of rotatable bonds is 4. The molecule has 2 N–H and O–H groups in total. The van der Waals surface area contributed by atoms with Crippen LogP contribution in [-0.4, -0.2) is 19.3 Å². The molecule has 1 fully saturated rings. The van der Waals surface area contributed by atoms with E-state index < -0.39 is 0 Å². The predicted octanol–water partition coefficient (Wildman–Crippen LogP) is 1.98. The van der Waals surface area contributed by atoms with E-state index in [1.165, 1.54) is 6.07 Å². The largest absolute Gasteiger partial charge is 0.381 e. The molecule has 1 heterocycles. The summed E-state index contributed by atoms with van der Waals surface area (Å²) in [6, 6.07) is 4.92. The van der Waals surface area contributed by atoms with Gasteiger partial charge in [-0.3, -0.25) is 0 Å². The van der Waals surface area contributed by atoms with Crippen LogP contribution in [0.15, 0.2) is 18.2 Å². The molecule has 0 radical (unpaired) electrons. The predicted molar refractivity (Wildman–Crippen MR) is 62.9 cm³/mol. The molecule has 0 unspecified atom stereocenters. The van der Waals surface area contributed by atoms with Gasteiger partial charge in [-0.1, -0.05) is 6.07 Å². The van der Waals surface area contributed by atoms with Crippen molar-refractivity contribution < 1.29 is 13.9 Å². The molecular weight excluding hydrogens is 221 g/mol. The fourth-order valence-electron chi connectivity index (χ4n) is 1.92. The Morgan fingerprint density at radius 3 is 2.82 bits per heavy atom. The van der Waals surface area contributed by atoms with Crippen LogP contribution in [0.5, 0.6) is 0 Å². The number of halogens is 1. The number of ether oxygens (including phenoxy) is 2. The third-order valence-corrected chi connectivity index (χ3v) is 2.99. The number of benzene rings is 1. The summed E-state index contributed by atoms with van der Waals surface area (Å²) in [4.78, 5) is 0. The molecule has 2 rings (SSSR count). The zero-order valence-electron chi connectivity index (χ0n) is 9.82. The van der Waals surface area contributed by atoms with Crippen molar-refractivity contribution in [1.29, 1.82) is 0 Å². The van der Waals surface area contributed by atoms with Gasteiger partial charge >= 0.3 is 0 Å². The zero-order chi connectivity index (χ0) is 12.1.